The number of ether oxygens (including phenoxy) is 2. The second kappa shape index (κ2) is 7.21. The van der Waals surface area contributed by atoms with Crippen molar-refractivity contribution in [3.63, 3.8) is 0 Å². The van der Waals surface area contributed by atoms with Gasteiger partial charge in [-0.3, -0.25) is 0 Å². The van der Waals surface area contributed by atoms with Crippen molar-refractivity contribution in [2.24, 2.45) is 0 Å². The summed E-state index contributed by atoms with van der Waals surface area (Å²) in [6.45, 7) is 3.16. The zero-order chi connectivity index (χ0) is 17.1. The van der Waals surface area contributed by atoms with Crippen LogP contribution in [0.1, 0.15) is 30.4 Å². The van der Waals surface area contributed by atoms with E-state index < -0.39 is 12.1 Å². The molecular formula is C18H24N2O4. The minimum atomic E-state index is -0.711. The van der Waals surface area contributed by atoms with Gasteiger partial charge in [0.25, 0.3) is 0 Å². The van der Waals surface area contributed by atoms with Crippen molar-refractivity contribution in [3.8, 4) is 0 Å². The Balaban J connectivity index is 1.56. The Bertz CT molecular complexity index is 619. The summed E-state index contributed by atoms with van der Waals surface area (Å²) in [7, 11) is 1.33. The second-order valence-electron chi connectivity index (χ2n) is 6.48. The maximum Gasteiger partial charge on any atom is 0.336 e. The number of aryl methyl sites for hydroxylation is 1. The Hall–Kier alpha value is -2.08. The molecule has 0 aromatic heterocycles. The Labute approximate surface area is 142 Å². The van der Waals surface area contributed by atoms with Gasteiger partial charge in [0.15, 0.2) is 6.10 Å². The standard InChI is InChI=1S/C18H24N2O4/c1-12-10-20(11-16(24-12)17(21)23-2)18(22)19-9-14-8-7-13-5-3-4-6-15(13)14/h3-6,12,14,16H,7-11H2,1-2H3,(H,19,22)/t12-,14+,16-/m1/s1. The van der Waals surface area contributed by atoms with E-state index in [-0.39, 0.29) is 18.7 Å². The fourth-order valence-electron chi connectivity index (χ4n) is 3.56. The molecule has 1 N–H and O–H groups in total. The van der Waals surface area contributed by atoms with Crippen molar-refractivity contribution in [3.05, 3.63) is 35.4 Å². The lowest BCUT2D eigenvalue weighted by atomic mass is 10.0. The number of urea groups is 1. The van der Waals surface area contributed by atoms with Crippen molar-refractivity contribution in [2.75, 3.05) is 26.7 Å². The van der Waals surface area contributed by atoms with E-state index in [1.807, 2.05) is 13.0 Å². The van der Waals surface area contributed by atoms with Crippen LogP contribution in [0.5, 0.6) is 0 Å². The molecule has 0 spiro atoms. The fraction of sp³-hybridized carbons (Fsp3) is 0.556. The van der Waals surface area contributed by atoms with Gasteiger partial charge >= 0.3 is 12.0 Å². The molecule has 6 heteroatoms. The molecule has 0 radical (unpaired) electrons. The van der Waals surface area contributed by atoms with Crippen LogP contribution in [-0.2, 0) is 20.7 Å². The number of nitrogens with zero attached hydrogens (tertiary/aromatic N) is 1. The van der Waals surface area contributed by atoms with Crippen LogP contribution in [0.2, 0.25) is 0 Å². The topological polar surface area (TPSA) is 67.9 Å². The Morgan fingerprint density at radius 1 is 1.33 bits per heavy atom. The minimum absolute atomic E-state index is 0.150. The van der Waals surface area contributed by atoms with Gasteiger partial charge in [-0.25, -0.2) is 9.59 Å². The van der Waals surface area contributed by atoms with Crippen LogP contribution in [0.4, 0.5) is 4.79 Å². The normalized spacial score (nSPS) is 25.9. The highest BCUT2D eigenvalue weighted by Crippen LogP contribution is 2.32. The third kappa shape index (κ3) is 3.53. The third-order valence-electron chi connectivity index (χ3n) is 4.77. The van der Waals surface area contributed by atoms with Crippen molar-refractivity contribution >= 4 is 12.0 Å². The molecule has 2 aliphatic rings. The number of carbonyl (C=O) groups is 2. The van der Waals surface area contributed by atoms with Gasteiger partial charge in [0.05, 0.1) is 19.8 Å². The van der Waals surface area contributed by atoms with Gasteiger partial charge in [0.1, 0.15) is 0 Å². The third-order valence-corrected chi connectivity index (χ3v) is 4.77. The summed E-state index contributed by atoms with van der Waals surface area (Å²) in [6, 6.07) is 8.25. The largest absolute Gasteiger partial charge is 0.467 e. The van der Waals surface area contributed by atoms with Crippen molar-refractivity contribution < 1.29 is 19.1 Å². The fourth-order valence-corrected chi connectivity index (χ4v) is 3.56. The quantitative estimate of drug-likeness (QED) is 0.855. The molecule has 1 aromatic rings. The maximum atomic E-state index is 12.5. The smallest absolute Gasteiger partial charge is 0.336 e. The molecule has 1 heterocycles. The van der Waals surface area contributed by atoms with E-state index in [4.69, 9.17) is 9.47 Å². The average molecular weight is 332 g/mol. The van der Waals surface area contributed by atoms with Gasteiger partial charge in [-0.1, -0.05) is 24.3 Å². The molecule has 0 saturated carbocycles. The highest BCUT2D eigenvalue weighted by molar-refractivity contribution is 5.78. The lowest BCUT2D eigenvalue weighted by molar-refractivity contribution is -0.164. The van der Waals surface area contributed by atoms with Gasteiger partial charge in [0.2, 0.25) is 0 Å². The molecule has 3 atom stereocenters. The van der Waals surface area contributed by atoms with Crippen LogP contribution in [0.3, 0.4) is 0 Å². The number of amides is 2. The first kappa shape index (κ1) is 16.8. The minimum Gasteiger partial charge on any atom is -0.467 e. The van der Waals surface area contributed by atoms with E-state index in [1.165, 1.54) is 18.2 Å². The highest BCUT2D eigenvalue weighted by Gasteiger charge is 2.33. The molecule has 3 rings (SSSR count). The van der Waals surface area contributed by atoms with Gasteiger partial charge in [0, 0.05) is 19.0 Å². The van der Waals surface area contributed by atoms with Crippen LogP contribution >= 0.6 is 0 Å². The van der Waals surface area contributed by atoms with Crippen LogP contribution in [0.15, 0.2) is 24.3 Å². The molecule has 0 bridgehead atoms. The number of hydrogen-bond donors (Lipinski definition) is 1. The number of esters is 1. The van der Waals surface area contributed by atoms with Crippen molar-refractivity contribution in [1.82, 2.24) is 10.2 Å². The molecule has 1 aromatic carbocycles. The summed E-state index contributed by atoms with van der Waals surface area (Å²) in [5, 5.41) is 3.01. The van der Waals surface area contributed by atoms with E-state index in [0.717, 1.165) is 12.8 Å². The van der Waals surface area contributed by atoms with Gasteiger partial charge < -0.3 is 19.7 Å². The zero-order valence-corrected chi connectivity index (χ0v) is 14.2. The number of nitrogens with one attached hydrogen (secondary N) is 1. The molecule has 2 amide bonds. The van der Waals surface area contributed by atoms with E-state index in [2.05, 4.69) is 23.5 Å². The van der Waals surface area contributed by atoms with Crippen molar-refractivity contribution in [2.45, 2.75) is 37.9 Å². The lowest BCUT2D eigenvalue weighted by Crippen LogP contribution is -2.55. The molecule has 0 unspecified atom stereocenters. The molecule has 1 aliphatic heterocycles. The van der Waals surface area contributed by atoms with Crippen LogP contribution in [0.25, 0.3) is 0 Å². The van der Waals surface area contributed by atoms with Crippen LogP contribution in [0, 0.1) is 0 Å². The van der Waals surface area contributed by atoms with Gasteiger partial charge in [-0.2, -0.15) is 0 Å². The summed E-state index contributed by atoms with van der Waals surface area (Å²) in [5.41, 5.74) is 2.71. The molecular weight excluding hydrogens is 308 g/mol. The molecule has 6 nitrogen and oxygen atoms in total. The maximum absolute atomic E-state index is 12.5. The first-order chi connectivity index (χ1) is 11.6. The Morgan fingerprint density at radius 3 is 2.92 bits per heavy atom. The van der Waals surface area contributed by atoms with Crippen molar-refractivity contribution in [1.29, 1.82) is 0 Å². The summed E-state index contributed by atoms with van der Waals surface area (Å²) in [6.07, 6.45) is 1.22. The number of fused-ring (bicyclic) bond motifs is 1. The van der Waals surface area contributed by atoms with E-state index in [0.29, 0.717) is 19.0 Å². The van der Waals surface area contributed by atoms with E-state index >= 15 is 0 Å². The summed E-state index contributed by atoms with van der Waals surface area (Å²) in [4.78, 5) is 25.8. The number of hydrogen-bond acceptors (Lipinski definition) is 4. The number of methoxy groups -OCH3 is 1. The van der Waals surface area contributed by atoms with Crippen LogP contribution in [-0.4, -0.2) is 55.9 Å². The Kier molecular flexibility index (Phi) is 5.04. The highest BCUT2D eigenvalue weighted by atomic mass is 16.6. The number of rotatable bonds is 3. The van der Waals surface area contributed by atoms with Gasteiger partial charge in [-0.05, 0) is 30.9 Å². The monoisotopic (exact) mass is 332 g/mol. The predicted octanol–water partition coefficient (Wildman–Crippen LogP) is 1.69. The Morgan fingerprint density at radius 2 is 2.12 bits per heavy atom. The predicted molar refractivity (Wildman–Crippen MR) is 88.8 cm³/mol. The number of carbonyl (C=O) groups excluding carboxylic acids is 2. The summed E-state index contributed by atoms with van der Waals surface area (Å²) >= 11 is 0. The first-order valence-electron chi connectivity index (χ1n) is 8.42. The van der Waals surface area contributed by atoms with E-state index in [9.17, 15) is 9.59 Å². The molecule has 24 heavy (non-hydrogen) atoms. The molecule has 1 aliphatic carbocycles. The zero-order valence-electron chi connectivity index (χ0n) is 14.2. The average Bonchev–Trinajstić information content (AvgIpc) is 3.01. The molecule has 1 saturated heterocycles. The van der Waals surface area contributed by atoms with Crippen LogP contribution < -0.4 is 5.32 Å². The first-order valence-corrected chi connectivity index (χ1v) is 8.42. The lowest BCUT2D eigenvalue weighted by Gasteiger charge is -2.35. The summed E-state index contributed by atoms with van der Waals surface area (Å²) < 4.78 is 10.3. The number of benzene rings is 1. The molecule has 130 valence electrons. The number of morpholine rings is 1. The second-order valence-corrected chi connectivity index (χ2v) is 6.48. The summed E-state index contributed by atoms with van der Waals surface area (Å²) in [5.74, 6) is -0.0795. The SMILES string of the molecule is COC(=O)[C@H]1CN(C(=O)NC[C@@H]2CCc3ccccc32)C[C@@H](C)O1. The van der Waals surface area contributed by atoms with Gasteiger partial charge in [-0.15, -0.1) is 0 Å². The molecule has 1 fully saturated rings. The van der Waals surface area contributed by atoms with E-state index in [1.54, 1.807) is 4.90 Å².